The maximum atomic E-state index is 11.1. The van der Waals surface area contributed by atoms with Crippen molar-refractivity contribution in [2.24, 2.45) is 5.73 Å². The SMILES string of the molecule is COC(=O)CC(N)CCC(C)(O)c1ccccc1. The fourth-order valence-corrected chi connectivity index (χ4v) is 1.81. The Bertz CT molecular complexity index is 376. The first kappa shape index (κ1) is 14.7. The summed E-state index contributed by atoms with van der Waals surface area (Å²) in [6.45, 7) is 1.76. The number of carbonyl (C=O) groups is 1. The van der Waals surface area contributed by atoms with Gasteiger partial charge in [-0.3, -0.25) is 4.79 Å². The van der Waals surface area contributed by atoms with Crippen molar-refractivity contribution in [2.75, 3.05) is 7.11 Å². The van der Waals surface area contributed by atoms with Crippen LogP contribution in [0, 0.1) is 0 Å². The predicted octanol–water partition coefficient (Wildman–Crippen LogP) is 1.56. The van der Waals surface area contributed by atoms with E-state index in [9.17, 15) is 9.90 Å². The highest BCUT2D eigenvalue weighted by molar-refractivity contribution is 5.69. The van der Waals surface area contributed by atoms with Crippen LogP contribution in [-0.2, 0) is 15.1 Å². The van der Waals surface area contributed by atoms with E-state index in [0.717, 1.165) is 5.56 Å². The summed E-state index contributed by atoms with van der Waals surface area (Å²) in [5.41, 5.74) is 5.76. The Kier molecular flexibility index (Phi) is 5.31. The van der Waals surface area contributed by atoms with E-state index in [4.69, 9.17) is 5.73 Å². The van der Waals surface area contributed by atoms with Crippen molar-refractivity contribution in [3.63, 3.8) is 0 Å². The summed E-state index contributed by atoms with van der Waals surface area (Å²) in [6, 6.07) is 9.16. The van der Waals surface area contributed by atoms with Crippen LogP contribution in [-0.4, -0.2) is 24.2 Å². The third-order valence-electron chi connectivity index (χ3n) is 3.05. The number of esters is 1. The van der Waals surface area contributed by atoms with Gasteiger partial charge in [0.1, 0.15) is 0 Å². The zero-order valence-corrected chi connectivity index (χ0v) is 10.9. The van der Waals surface area contributed by atoms with Gasteiger partial charge in [0.15, 0.2) is 0 Å². The van der Waals surface area contributed by atoms with Gasteiger partial charge >= 0.3 is 5.97 Å². The molecule has 0 radical (unpaired) electrons. The van der Waals surface area contributed by atoms with Crippen LogP contribution in [0.4, 0.5) is 0 Å². The molecule has 100 valence electrons. The standard InChI is InChI=1S/C14H21NO3/c1-14(17,11-6-4-3-5-7-11)9-8-12(15)10-13(16)18-2/h3-7,12,17H,8-10,15H2,1-2H3. The molecule has 0 spiro atoms. The monoisotopic (exact) mass is 251 g/mol. The lowest BCUT2D eigenvalue weighted by molar-refractivity contribution is -0.141. The Morgan fingerprint density at radius 1 is 1.44 bits per heavy atom. The minimum atomic E-state index is -0.922. The van der Waals surface area contributed by atoms with Crippen LogP contribution in [0.1, 0.15) is 31.7 Å². The number of benzene rings is 1. The molecule has 0 aliphatic heterocycles. The average Bonchev–Trinajstić information content (AvgIpc) is 2.37. The molecule has 1 rings (SSSR count). The largest absolute Gasteiger partial charge is 0.469 e. The molecule has 0 aliphatic rings. The smallest absolute Gasteiger partial charge is 0.307 e. The minimum absolute atomic E-state index is 0.182. The van der Waals surface area contributed by atoms with E-state index in [2.05, 4.69) is 4.74 Å². The van der Waals surface area contributed by atoms with E-state index < -0.39 is 5.60 Å². The molecule has 18 heavy (non-hydrogen) atoms. The van der Waals surface area contributed by atoms with Crippen molar-refractivity contribution in [3.05, 3.63) is 35.9 Å². The molecule has 0 saturated carbocycles. The lowest BCUT2D eigenvalue weighted by Gasteiger charge is -2.25. The number of rotatable bonds is 6. The second kappa shape index (κ2) is 6.52. The van der Waals surface area contributed by atoms with E-state index >= 15 is 0 Å². The van der Waals surface area contributed by atoms with Crippen molar-refractivity contribution in [1.29, 1.82) is 0 Å². The van der Waals surface area contributed by atoms with Crippen molar-refractivity contribution in [1.82, 2.24) is 0 Å². The van der Waals surface area contributed by atoms with Gasteiger partial charge in [0.05, 0.1) is 19.1 Å². The molecule has 0 amide bonds. The number of methoxy groups -OCH3 is 1. The van der Waals surface area contributed by atoms with Gasteiger partial charge in [-0.05, 0) is 25.3 Å². The van der Waals surface area contributed by atoms with Crippen molar-refractivity contribution in [3.8, 4) is 0 Å². The number of ether oxygens (including phenoxy) is 1. The van der Waals surface area contributed by atoms with Gasteiger partial charge in [-0.2, -0.15) is 0 Å². The van der Waals surface area contributed by atoms with Gasteiger partial charge in [0.25, 0.3) is 0 Å². The number of carbonyl (C=O) groups excluding carboxylic acids is 1. The third kappa shape index (κ3) is 4.47. The number of hydrogen-bond donors (Lipinski definition) is 2. The molecule has 0 fully saturated rings. The zero-order valence-electron chi connectivity index (χ0n) is 10.9. The van der Waals surface area contributed by atoms with Crippen LogP contribution in [0.25, 0.3) is 0 Å². The Labute approximate surface area is 108 Å². The topological polar surface area (TPSA) is 72.5 Å². The molecule has 3 N–H and O–H groups in total. The van der Waals surface area contributed by atoms with E-state index in [-0.39, 0.29) is 18.4 Å². The molecule has 0 aromatic heterocycles. The molecule has 0 bridgehead atoms. The Morgan fingerprint density at radius 3 is 2.61 bits per heavy atom. The summed E-state index contributed by atoms with van der Waals surface area (Å²) in [5, 5.41) is 10.4. The summed E-state index contributed by atoms with van der Waals surface area (Å²) in [4.78, 5) is 11.1. The highest BCUT2D eigenvalue weighted by atomic mass is 16.5. The maximum absolute atomic E-state index is 11.1. The van der Waals surface area contributed by atoms with Gasteiger partial charge in [0, 0.05) is 6.04 Å². The summed E-state index contributed by atoms with van der Waals surface area (Å²) in [6.07, 6.45) is 1.26. The van der Waals surface area contributed by atoms with E-state index in [1.807, 2.05) is 30.3 Å². The van der Waals surface area contributed by atoms with E-state index in [0.29, 0.717) is 12.8 Å². The van der Waals surface area contributed by atoms with Gasteiger partial charge in [-0.1, -0.05) is 30.3 Å². The van der Waals surface area contributed by atoms with Crippen LogP contribution < -0.4 is 5.73 Å². The first-order valence-electron chi connectivity index (χ1n) is 6.06. The van der Waals surface area contributed by atoms with Gasteiger partial charge < -0.3 is 15.6 Å². The lowest BCUT2D eigenvalue weighted by Crippen LogP contribution is -2.29. The average molecular weight is 251 g/mol. The van der Waals surface area contributed by atoms with Crippen molar-refractivity contribution < 1.29 is 14.6 Å². The molecule has 0 saturated heterocycles. The van der Waals surface area contributed by atoms with Crippen molar-refractivity contribution in [2.45, 2.75) is 37.8 Å². The zero-order chi connectivity index (χ0) is 13.6. The molecule has 0 aliphatic carbocycles. The van der Waals surface area contributed by atoms with Crippen LogP contribution in [0.2, 0.25) is 0 Å². The normalized spacial score (nSPS) is 15.8. The predicted molar refractivity (Wildman–Crippen MR) is 69.9 cm³/mol. The van der Waals surface area contributed by atoms with Crippen LogP contribution in [0.15, 0.2) is 30.3 Å². The van der Waals surface area contributed by atoms with Crippen LogP contribution in [0.3, 0.4) is 0 Å². The van der Waals surface area contributed by atoms with Crippen LogP contribution in [0.5, 0.6) is 0 Å². The molecule has 1 aromatic carbocycles. The highest BCUT2D eigenvalue weighted by Crippen LogP contribution is 2.26. The molecule has 4 heteroatoms. The fraction of sp³-hybridized carbons (Fsp3) is 0.500. The quantitative estimate of drug-likeness (QED) is 0.753. The summed E-state index contributed by atoms with van der Waals surface area (Å²) in [7, 11) is 1.34. The molecule has 2 atom stereocenters. The van der Waals surface area contributed by atoms with E-state index in [1.165, 1.54) is 7.11 Å². The first-order valence-corrected chi connectivity index (χ1v) is 6.06. The van der Waals surface area contributed by atoms with E-state index in [1.54, 1.807) is 6.92 Å². The third-order valence-corrected chi connectivity index (χ3v) is 3.05. The second-order valence-corrected chi connectivity index (χ2v) is 4.72. The fourth-order valence-electron chi connectivity index (χ4n) is 1.81. The van der Waals surface area contributed by atoms with Crippen molar-refractivity contribution >= 4 is 5.97 Å². The number of nitrogens with two attached hydrogens (primary N) is 1. The van der Waals surface area contributed by atoms with Crippen LogP contribution >= 0.6 is 0 Å². The Morgan fingerprint density at radius 2 is 2.06 bits per heavy atom. The molecule has 0 heterocycles. The Hall–Kier alpha value is -1.39. The Balaban J connectivity index is 2.49. The highest BCUT2D eigenvalue weighted by Gasteiger charge is 2.24. The number of aliphatic hydroxyl groups is 1. The number of hydrogen-bond acceptors (Lipinski definition) is 4. The second-order valence-electron chi connectivity index (χ2n) is 4.72. The molecule has 2 unspecified atom stereocenters. The first-order chi connectivity index (χ1) is 8.45. The van der Waals surface area contributed by atoms with Gasteiger partial charge in [-0.25, -0.2) is 0 Å². The summed E-state index contributed by atoms with van der Waals surface area (Å²) < 4.78 is 4.56. The van der Waals surface area contributed by atoms with Gasteiger partial charge in [-0.15, -0.1) is 0 Å². The molecular weight excluding hydrogens is 230 g/mol. The summed E-state index contributed by atoms with van der Waals surface area (Å²) in [5.74, 6) is -0.318. The maximum Gasteiger partial charge on any atom is 0.307 e. The van der Waals surface area contributed by atoms with Gasteiger partial charge in [0.2, 0.25) is 0 Å². The lowest BCUT2D eigenvalue weighted by atomic mass is 9.89. The molecular formula is C14H21NO3. The minimum Gasteiger partial charge on any atom is -0.469 e. The summed E-state index contributed by atoms with van der Waals surface area (Å²) >= 11 is 0. The molecule has 1 aromatic rings. The molecule has 4 nitrogen and oxygen atoms in total.